The van der Waals surface area contributed by atoms with E-state index in [1.807, 2.05) is 30.3 Å². The van der Waals surface area contributed by atoms with E-state index < -0.39 is 4.92 Å². The molecule has 0 radical (unpaired) electrons. The second-order valence-electron chi connectivity index (χ2n) is 12.8. The maximum absolute atomic E-state index is 11.1. The lowest BCUT2D eigenvalue weighted by Crippen LogP contribution is -2.30. The predicted octanol–water partition coefficient (Wildman–Crippen LogP) is 8.33. The zero-order valence-corrected chi connectivity index (χ0v) is 25.5. The molecular weight excluding hydrogens is 497 g/mol. The maximum atomic E-state index is 11.1. The Kier molecular flexibility index (Phi) is 8.91. The van der Waals surface area contributed by atoms with Gasteiger partial charge in [-0.05, 0) is 77.2 Å². The minimum Gasteiger partial charge on any atom is -0.258 e. The van der Waals surface area contributed by atoms with Gasteiger partial charge in [0.1, 0.15) is 5.29 Å². The Hall–Kier alpha value is -3.65. The van der Waals surface area contributed by atoms with Crippen molar-refractivity contribution in [3.8, 4) is 23.7 Å². The van der Waals surface area contributed by atoms with Gasteiger partial charge < -0.3 is 0 Å². The smallest absolute Gasteiger partial charge is 0.258 e. The van der Waals surface area contributed by atoms with Gasteiger partial charge in [0.2, 0.25) is 0 Å². The predicted molar refractivity (Wildman–Crippen MR) is 167 cm³/mol. The average molecular weight is 536 g/mol. The van der Waals surface area contributed by atoms with E-state index in [2.05, 4.69) is 98.1 Å². The van der Waals surface area contributed by atoms with Crippen LogP contribution in [0.15, 0.2) is 66.7 Å². The van der Waals surface area contributed by atoms with E-state index in [1.54, 1.807) is 12.1 Å². The van der Waals surface area contributed by atoms with Crippen molar-refractivity contribution in [2.45, 2.75) is 78.6 Å². The van der Waals surface area contributed by atoms with Gasteiger partial charge in [-0.25, -0.2) is 0 Å². The minimum absolute atomic E-state index is 0.0187. The monoisotopic (exact) mass is 535 g/mol. The number of nitro groups is 1. The highest BCUT2D eigenvalue weighted by atomic mass is 31.1. The molecule has 0 aliphatic carbocycles. The van der Waals surface area contributed by atoms with Gasteiger partial charge in [0.15, 0.2) is 0 Å². The van der Waals surface area contributed by atoms with Crippen LogP contribution in [0.25, 0.3) is 0 Å². The summed E-state index contributed by atoms with van der Waals surface area (Å²) < 4.78 is 0. The largest absolute Gasteiger partial charge is 0.269 e. The zero-order chi connectivity index (χ0) is 29.0. The SMILES string of the molecule is CC(C)(C)c1cc(C(C)(C)C)c(P=C(C#Cc2ccccc2)C#Cc2ccc([N+](=O)[O-])cc2)c(C(C)(C)C)c1. The van der Waals surface area contributed by atoms with Crippen LogP contribution in [0.2, 0.25) is 0 Å². The minimum atomic E-state index is -0.401. The Morgan fingerprint density at radius 2 is 1.15 bits per heavy atom. The van der Waals surface area contributed by atoms with Gasteiger partial charge in [-0.1, -0.05) is 104 Å². The fourth-order valence-electron chi connectivity index (χ4n) is 3.98. The van der Waals surface area contributed by atoms with Gasteiger partial charge in [-0.15, -0.1) is 0 Å². The highest BCUT2D eigenvalue weighted by Gasteiger charge is 2.28. The first kappa shape index (κ1) is 29.9. The number of rotatable bonds is 2. The van der Waals surface area contributed by atoms with E-state index in [4.69, 9.17) is 0 Å². The van der Waals surface area contributed by atoms with Gasteiger partial charge in [-0.3, -0.25) is 10.1 Å². The van der Waals surface area contributed by atoms with Crippen LogP contribution >= 0.6 is 8.20 Å². The summed E-state index contributed by atoms with van der Waals surface area (Å²) in [5.41, 5.74) is 5.49. The van der Waals surface area contributed by atoms with Crippen molar-refractivity contribution in [3.63, 3.8) is 0 Å². The summed E-state index contributed by atoms with van der Waals surface area (Å²) in [4.78, 5) is 10.7. The molecule has 39 heavy (non-hydrogen) atoms. The third kappa shape index (κ3) is 8.17. The van der Waals surface area contributed by atoms with Crippen molar-refractivity contribution in [1.29, 1.82) is 0 Å². The van der Waals surface area contributed by atoms with Crippen molar-refractivity contribution >= 4 is 24.5 Å². The normalized spacial score (nSPS) is 12.2. The first-order valence-corrected chi connectivity index (χ1v) is 14.1. The van der Waals surface area contributed by atoms with Gasteiger partial charge >= 0.3 is 0 Å². The van der Waals surface area contributed by atoms with Crippen LogP contribution in [0.5, 0.6) is 0 Å². The Morgan fingerprint density at radius 3 is 1.56 bits per heavy atom. The van der Waals surface area contributed by atoms with Crippen LogP contribution in [0.1, 0.15) is 90.1 Å². The highest BCUT2D eigenvalue weighted by molar-refractivity contribution is 7.50. The van der Waals surface area contributed by atoms with Crippen molar-refractivity contribution in [1.82, 2.24) is 0 Å². The molecule has 3 rings (SSSR count). The molecule has 0 spiro atoms. The second-order valence-corrected chi connectivity index (χ2v) is 13.9. The summed E-state index contributed by atoms with van der Waals surface area (Å²) in [6, 6.07) is 21.0. The van der Waals surface area contributed by atoms with E-state index in [1.165, 1.54) is 34.1 Å². The molecule has 3 aromatic carbocycles. The van der Waals surface area contributed by atoms with Gasteiger partial charge in [-0.2, -0.15) is 0 Å². The molecule has 0 fully saturated rings. The van der Waals surface area contributed by atoms with Crippen LogP contribution in [-0.4, -0.2) is 10.2 Å². The van der Waals surface area contributed by atoms with E-state index in [0.29, 0.717) is 5.56 Å². The number of nitrogens with zero attached hydrogens (tertiary/aromatic N) is 1. The standard InChI is InChI=1S/C35H38NO2P/c1-33(2,3)27-23-30(34(4,5)6)32(31(24-27)35(7,8)9)39-29(21-17-25-13-11-10-12-14-25)22-18-26-15-19-28(20-16-26)36(37)38/h10-16,19-20,23-24H,1-9H3. The molecule has 0 aliphatic heterocycles. The summed E-state index contributed by atoms with van der Waals surface area (Å²) in [5.74, 6) is 13.2. The molecule has 0 heterocycles. The summed E-state index contributed by atoms with van der Waals surface area (Å²) in [5, 5.41) is 13.1. The molecule has 4 heteroatoms. The first-order valence-electron chi connectivity index (χ1n) is 13.2. The molecule has 0 amide bonds. The molecule has 0 saturated carbocycles. The summed E-state index contributed by atoms with van der Waals surface area (Å²) in [6.45, 7) is 20.4. The molecule has 0 atom stereocenters. The quantitative estimate of drug-likeness (QED) is 0.143. The number of non-ortho nitro benzene ring substituents is 1. The molecule has 0 unspecified atom stereocenters. The van der Waals surface area contributed by atoms with E-state index in [9.17, 15) is 10.1 Å². The molecule has 3 aromatic rings. The Bertz CT molecular complexity index is 1470. The van der Waals surface area contributed by atoms with Crippen molar-refractivity contribution in [2.75, 3.05) is 0 Å². The van der Waals surface area contributed by atoms with Crippen molar-refractivity contribution in [3.05, 3.63) is 105 Å². The maximum Gasteiger partial charge on any atom is 0.269 e. The Labute approximate surface area is 236 Å². The summed E-state index contributed by atoms with van der Waals surface area (Å²) in [6.07, 6.45) is 0. The van der Waals surface area contributed by atoms with Gasteiger partial charge in [0.25, 0.3) is 5.69 Å². The number of hydrogen-bond donors (Lipinski definition) is 0. The van der Waals surface area contributed by atoms with Crippen LogP contribution in [0.3, 0.4) is 0 Å². The fourth-order valence-corrected chi connectivity index (χ4v) is 5.47. The van der Waals surface area contributed by atoms with Crippen molar-refractivity contribution in [2.24, 2.45) is 0 Å². The number of hydrogen-bond acceptors (Lipinski definition) is 2. The highest BCUT2D eigenvalue weighted by Crippen LogP contribution is 2.35. The molecule has 0 aliphatic rings. The lowest BCUT2D eigenvalue weighted by Gasteiger charge is -2.32. The molecule has 3 nitrogen and oxygen atoms in total. The molecule has 0 aromatic heterocycles. The second kappa shape index (κ2) is 11.6. The molecule has 0 N–H and O–H groups in total. The summed E-state index contributed by atoms with van der Waals surface area (Å²) in [7, 11) is 0.951. The van der Waals surface area contributed by atoms with Crippen LogP contribution in [0, 0.1) is 33.8 Å². The van der Waals surface area contributed by atoms with E-state index in [0.717, 1.165) is 19.1 Å². The Balaban J connectivity index is 2.31. The number of nitro benzene ring substituents is 1. The number of benzene rings is 3. The van der Waals surface area contributed by atoms with Gasteiger partial charge in [0.05, 0.1) is 4.92 Å². The lowest BCUT2D eigenvalue weighted by molar-refractivity contribution is -0.384. The average Bonchev–Trinajstić information content (AvgIpc) is 2.84. The third-order valence-electron chi connectivity index (χ3n) is 6.32. The Morgan fingerprint density at radius 1 is 0.692 bits per heavy atom. The topological polar surface area (TPSA) is 43.1 Å². The van der Waals surface area contributed by atoms with Crippen LogP contribution in [0.4, 0.5) is 5.69 Å². The molecule has 0 saturated heterocycles. The molecule has 200 valence electrons. The summed E-state index contributed by atoms with van der Waals surface area (Å²) >= 11 is 0. The van der Waals surface area contributed by atoms with E-state index in [-0.39, 0.29) is 21.9 Å². The first-order chi connectivity index (χ1) is 18.1. The zero-order valence-electron chi connectivity index (χ0n) is 24.6. The van der Waals surface area contributed by atoms with Gasteiger partial charge in [0, 0.05) is 28.6 Å². The third-order valence-corrected chi connectivity index (χ3v) is 7.47. The van der Waals surface area contributed by atoms with Crippen molar-refractivity contribution < 1.29 is 4.92 Å². The lowest BCUT2D eigenvalue weighted by atomic mass is 9.75. The van der Waals surface area contributed by atoms with E-state index >= 15 is 0 Å². The molecular formula is C35H38NO2P. The molecule has 0 bridgehead atoms. The van der Waals surface area contributed by atoms with Crippen LogP contribution in [-0.2, 0) is 16.2 Å². The van der Waals surface area contributed by atoms with Crippen LogP contribution < -0.4 is 5.30 Å². The fraction of sp³-hybridized carbons (Fsp3) is 0.343.